The van der Waals surface area contributed by atoms with Crippen molar-refractivity contribution >= 4 is 22.1 Å². The molecule has 4 rings (SSSR count). The Balaban J connectivity index is 1.79. The van der Waals surface area contributed by atoms with Gasteiger partial charge < -0.3 is 4.55 Å². The summed E-state index contributed by atoms with van der Waals surface area (Å²) < 4.78 is 13.5. The zero-order valence-electron chi connectivity index (χ0n) is 13.7. The smallest absolute Gasteiger partial charge is 0.271 e. The summed E-state index contributed by atoms with van der Waals surface area (Å²) in [6.45, 7) is 2.01. The molecule has 0 fully saturated rings. The van der Waals surface area contributed by atoms with E-state index in [1.807, 2.05) is 25.1 Å². The molecule has 0 bridgehead atoms. The summed E-state index contributed by atoms with van der Waals surface area (Å²) >= 11 is -1.20. The van der Waals surface area contributed by atoms with Crippen LogP contribution >= 0.6 is 0 Å². The fourth-order valence-corrected chi connectivity index (χ4v) is 3.28. The highest BCUT2D eigenvalue weighted by Crippen LogP contribution is 2.24. The summed E-state index contributed by atoms with van der Waals surface area (Å²) in [5, 5.41) is 5.76. The number of hydrogen-bond donors (Lipinski definition) is 0. The lowest BCUT2D eigenvalue weighted by Gasteiger charge is -2.04. The van der Waals surface area contributed by atoms with Crippen molar-refractivity contribution in [1.29, 1.82) is 0 Å². The molecule has 0 N–H and O–H groups in total. The molecule has 0 aliphatic heterocycles. The van der Waals surface area contributed by atoms with Crippen LogP contribution in [-0.4, -0.2) is 35.5 Å². The van der Waals surface area contributed by atoms with Gasteiger partial charge in [-0.1, -0.05) is 6.07 Å². The summed E-state index contributed by atoms with van der Waals surface area (Å²) in [7, 11) is 0. The molecule has 3 heterocycles. The van der Waals surface area contributed by atoms with E-state index in [1.165, 1.54) is 0 Å². The predicted octanol–water partition coefficient (Wildman–Crippen LogP) is 2.72. The third-order valence-corrected chi connectivity index (χ3v) is 4.65. The van der Waals surface area contributed by atoms with Gasteiger partial charge in [0.1, 0.15) is 6.26 Å². The number of rotatable bonds is 3. The minimum Gasteiger partial charge on any atom is -0.610 e. The Morgan fingerprint density at radius 2 is 1.96 bits per heavy atom. The Bertz CT molecular complexity index is 1040. The van der Waals surface area contributed by atoms with Crippen molar-refractivity contribution in [2.45, 2.75) is 11.9 Å². The van der Waals surface area contributed by atoms with Gasteiger partial charge in [0.05, 0.1) is 16.6 Å². The van der Waals surface area contributed by atoms with Crippen LogP contribution in [0.3, 0.4) is 0 Å². The van der Waals surface area contributed by atoms with Crippen LogP contribution in [0.5, 0.6) is 0 Å². The van der Waals surface area contributed by atoms with Gasteiger partial charge in [0.25, 0.3) is 11.0 Å². The molecule has 7 heteroatoms. The van der Waals surface area contributed by atoms with E-state index in [4.69, 9.17) is 0 Å². The monoisotopic (exact) mass is 348 g/mol. The molecule has 3 aromatic heterocycles. The molecule has 0 saturated heterocycles. The highest BCUT2D eigenvalue weighted by molar-refractivity contribution is 7.90. The molecular formula is C18H14N5OS. The lowest BCUT2D eigenvalue weighted by atomic mass is 10.2. The summed E-state index contributed by atoms with van der Waals surface area (Å²) in [5.41, 5.74) is 3.54. The second-order valence-corrected chi connectivity index (χ2v) is 6.90. The second kappa shape index (κ2) is 6.27. The van der Waals surface area contributed by atoms with Gasteiger partial charge in [-0.05, 0) is 42.8 Å². The molecule has 0 amide bonds. The summed E-state index contributed by atoms with van der Waals surface area (Å²) in [5.74, 6) is 0.415. The van der Waals surface area contributed by atoms with E-state index in [0.29, 0.717) is 11.0 Å². The van der Waals surface area contributed by atoms with Crippen LogP contribution in [-0.2, 0) is 11.2 Å². The zero-order valence-corrected chi connectivity index (χ0v) is 14.5. The largest absolute Gasteiger partial charge is 0.610 e. The number of benzene rings is 1. The van der Waals surface area contributed by atoms with Crippen LogP contribution < -0.4 is 0 Å². The minimum absolute atomic E-state index is 0.415. The molecule has 0 spiro atoms. The normalized spacial score (nSPS) is 12.4. The van der Waals surface area contributed by atoms with Gasteiger partial charge in [-0.3, -0.25) is 4.98 Å². The molecule has 4 aromatic rings. The first-order valence-corrected chi connectivity index (χ1v) is 9.17. The van der Waals surface area contributed by atoms with Crippen LogP contribution in [0, 0.1) is 13.0 Å². The lowest BCUT2D eigenvalue weighted by Crippen LogP contribution is -2.05. The van der Waals surface area contributed by atoms with Crippen LogP contribution in [0.4, 0.5) is 0 Å². The maximum Gasteiger partial charge on any atom is 0.271 e. The van der Waals surface area contributed by atoms with Crippen molar-refractivity contribution in [3.63, 3.8) is 0 Å². The molecule has 0 aliphatic rings. The summed E-state index contributed by atoms with van der Waals surface area (Å²) in [6, 6.07) is 12.4. The highest BCUT2D eigenvalue weighted by atomic mass is 32.2. The van der Waals surface area contributed by atoms with Crippen molar-refractivity contribution in [3.05, 3.63) is 60.6 Å². The van der Waals surface area contributed by atoms with Gasteiger partial charge in [-0.25, -0.2) is 9.97 Å². The van der Waals surface area contributed by atoms with Gasteiger partial charge in [-0.15, -0.1) is 5.10 Å². The van der Waals surface area contributed by atoms with Gasteiger partial charge in [0.2, 0.25) is 0 Å². The molecule has 1 atom stereocenters. The molecule has 1 radical (unpaired) electrons. The van der Waals surface area contributed by atoms with Crippen LogP contribution in [0.25, 0.3) is 28.1 Å². The molecule has 1 aromatic carbocycles. The average molecular weight is 348 g/mol. The molecule has 6 nitrogen and oxygen atoms in total. The Hall–Kier alpha value is -2.77. The minimum atomic E-state index is -1.20. The predicted molar refractivity (Wildman–Crippen MR) is 95.8 cm³/mol. The van der Waals surface area contributed by atoms with E-state index in [2.05, 4.69) is 26.1 Å². The van der Waals surface area contributed by atoms with Crippen LogP contribution in [0.15, 0.2) is 53.9 Å². The number of hydrogen-bond acceptors (Lipinski definition) is 5. The Labute approximate surface area is 147 Å². The first-order chi connectivity index (χ1) is 12.1. The Morgan fingerprint density at radius 1 is 1.16 bits per heavy atom. The zero-order chi connectivity index (χ0) is 17.4. The van der Waals surface area contributed by atoms with E-state index in [1.54, 1.807) is 41.7 Å². The highest BCUT2D eigenvalue weighted by Gasteiger charge is 2.19. The van der Waals surface area contributed by atoms with Crippen LogP contribution in [0.2, 0.25) is 0 Å². The standard InChI is InChI=1S/C18H14N5OS/c1-12-7-8-19-15(9-12)13-10-20-18(21-11-13)23-16-6-4-3-5-14(16)17(22-23)25(2)24/h3,5-11H,1-2H3. The molecule has 25 heavy (non-hydrogen) atoms. The van der Waals surface area contributed by atoms with Crippen molar-refractivity contribution in [3.8, 4) is 17.2 Å². The van der Waals surface area contributed by atoms with Crippen molar-refractivity contribution in [1.82, 2.24) is 24.7 Å². The van der Waals surface area contributed by atoms with Gasteiger partial charge in [0, 0.05) is 35.3 Å². The molecule has 0 aliphatic carbocycles. The van der Waals surface area contributed by atoms with Crippen molar-refractivity contribution in [2.24, 2.45) is 0 Å². The first kappa shape index (κ1) is 15.7. The number of nitrogens with zero attached hydrogens (tertiary/aromatic N) is 5. The van der Waals surface area contributed by atoms with E-state index >= 15 is 0 Å². The van der Waals surface area contributed by atoms with Gasteiger partial charge in [0.15, 0.2) is 0 Å². The fraction of sp³-hybridized carbons (Fsp3) is 0.111. The maximum absolute atomic E-state index is 12.0. The number of aryl methyl sites for hydroxylation is 1. The summed E-state index contributed by atoms with van der Waals surface area (Å²) in [6.07, 6.45) is 6.80. The topological polar surface area (TPSA) is 79.5 Å². The second-order valence-electron chi connectivity index (χ2n) is 5.60. The van der Waals surface area contributed by atoms with Crippen molar-refractivity contribution < 1.29 is 4.55 Å². The Morgan fingerprint density at radius 3 is 2.68 bits per heavy atom. The third-order valence-electron chi connectivity index (χ3n) is 3.80. The maximum atomic E-state index is 12.0. The summed E-state index contributed by atoms with van der Waals surface area (Å²) in [4.78, 5) is 13.2. The first-order valence-electron chi connectivity index (χ1n) is 7.61. The van der Waals surface area contributed by atoms with E-state index in [9.17, 15) is 4.55 Å². The van der Waals surface area contributed by atoms with Crippen molar-refractivity contribution in [2.75, 3.05) is 6.26 Å². The number of fused-ring (bicyclic) bond motifs is 1. The van der Waals surface area contributed by atoms with E-state index in [0.717, 1.165) is 27.7 Å². The average Bonchev–Trinajstić information content (AvgIpc) is 3.02. The van der Waals surface area contributed by atoms with E-state index < -0.39 is 11.2 Å². The number of pyridine rings is 1. The Kier molecular flexibility index (Phi) is 3.95. The van der Waals surface area contributed by atoms with Gasteiger partial charge in [-0.2, -0.15) is 4.68 Å². The molecule has 0 saturated carbocycles. The van der Waals surface area contributed by atoms with Gasteiger partial charge >= 0.3 is 0 Å². The SMILES string of the molecule is Cc1ccnc(-c2cnc(-n3nc([S+](C)[O-])c4cc[c]cc43)nc2)c1. The molecule has 1 unspecified atom stereocenters. The quantitative estimate of drug-likeness (QED) is 0.532. The molecule has 123 valence electrons. The third kappa shape index (κ3) is 2.88. The van der Waals surface area contributed by atoms with E-state index in [-0.39, 0.29) is 0 Å². The van der Waals surface area contributed by atoms with Crippen LogP contribution in [0.1, 0.15) is 5.56 Å². The lowest BCUT2D eigenvalue weighted by molar-refractivity contribution is 0.595. The fourth-order valence-electron chi connectivity index (χ4n) is 2.60. The molecular weight excluding hydrogens is 334 g/mol. The number of aromatic nitrogens is 5.